The van der Waals surface area contributed by atoms with E-state index >= 15 is 0 Å². The van der Waals surface area contributed by atoms with Crippen molar-refractivity contribution in [1.29, 1.82) is 0 Å². The van der Waals surface area contributed by atoms with E-state index < -0.39 is 13.7 Å². The smallest absolute Gasteiger partial charge is 0.136 e. The van der Waals surface area contributed by atoms with Crippen LogP contribution in [0, 0.1) is 25.8 Å². The number of nitrogens with zero attached hydrogens (tertiary/aromatic N) is 3. The molecule has 1 radical (unpaired) electrons. The molecule has 0 saturated carbocycles. The maximum atomic E-state index is 8.62. The van der Waals surface area contributed by atoms with Crippen LogP contribution in [0.2, 0.25) is 0 Å². The van der Waals surface area contributed by atoms with Gasteiger partial charge < -0.3 is 18.4 Å². The van der Waals surface area contributed by atoms with Gasteiger partial charge in [0.25, 0.3) is 0 Å². The third-order valence-corrected chi connectivity index (χ3v) is 13.2. The van der Waals surface area contributed by atoms with Crippen molar-refractivity contribution in [3.8, 4) is 39.5 Å². The molecule has 0 unspecified atom stereocenters. The Labute approximate surface area is 432 Å². The number of aromatic nitrogens is 3. The average Bonchev–Trinajstić information content (AvgIpc) is 4.27. The molecule has 4 aromatic heterocycles. The first-order chi connectivity index (χ1) is 35.8. The van der Waals surface area contributed by atoms with E-state index in [1.165, 1.54) is 17.3 Å². The Bertz CT molecular complexity index is 4120. The van der Waals surface area contributed by atoms with Crippen LogP contribution < -0.4 is 0 Å². The van der Waals surface area contributed by atoms with Gasteiger partial charge >= 0.3 is 0 Å². The molecule has 5 nitrogen and oxygen atoms in total. The number of rotatable bonds is 6. The Balaban J connectivity index is 0.000000264. The van der Waals surface area contributed by atoms with Crippen molar-refractivity contribution in [3.05, 3.63) is 198 Å². The number of furan rings is 2. The number of benzene rings is 8. The molecule has 0 aliphatic heterocycles. The fraction of sp³-hybridized carbons (Fsp3) is 0.188. The fourth-order valence-electron chi connectivity index (χ4n) is 9.82. The van der Waals surface area contributed by atoms with E-state index in [1.54, 1.807) is 6.07 Å². The molecule has 70 heavy (non-hydrogen) atoms. The standard InChI is InChI=1S/C48H37N2O2.C16H18N.Ir/c1-27(2)36-23-32(30-13-7-6-8-14-30)24-37(28(3)4)45(36)50-46-33-16-10-9-15-31(33)20-22-40(46)49-48(50)35-21-19-29(5)44-39-26-42-38(25-43(39)52-47(35)44)34-17-11-12-18-41(34)51-42;1-12-11-17-15(10-14(12)16(2,3)4)13-8-6-5-7-9-13;/h6-20,22-28H,1-5H3;5-8,10-11H,1-4H3;/q2*-1;/i5D3;1D3;. The number of fused-ring (bicyclic) bond motifs is 9. The fourth-order valence-corrected chi connectivity index (χ4v) is 9.82. The molecule has 0 amide bonds. The number of para-hydroxylation sites is 1. The summed E-state index contributed by atoms with van der Waals surface area (Å²) in [5.41, 5.74) is 13.3. The van der Waals surface area contributed by atoms with Gasteiger partial charge in [-0.1, -0.05) is 151 Å². The Morgan fingerprint density at radius 3 is 2.03 bits per heavy atom. The minimum absolute atomic E-state index is 0. The van der Waals surface area contributed by atoms with E-state index in [0.29, 0.717) is 44.5 Å². The molecule has 349 valence electrons. The molecule has 0 bridgehead atoms. The summed E-state index contributed by atoms with van der Waals surface area (Å²) in [6.45, 7) is 10.4. The average molecular weight is 1100 g/mol. The Hall–Kier alpha value is -7.11. The van der Waals surface area contributed by atoms with Gasteiger partial charge in [-0.3, -0.25) is 4.98 Å². The van der Waals surface area contributed by atoms with Crippen LogP contribution in [0.4, 0.5) is 0 Å². The Kier molecular flexibility index (Phi) is 10.4. The van der Waals surface area contributed by atoms with Crippen LogP contribution in [-0.2, 0) is 25.5 Å². The van der Waals surface area contributed by atoms with E-state index in [-0.39, 0.29) is 42.9 Å². The number of hydrogen-bond donors (Lipinski definition) is 0. The van der Waals surface area contributed by atoms with E-state index in [9.17, 15) is 0 Å². The van der Waals surface area contributed by atoms with Crippen LogP contribution in [0.25, 0.3) is 105 Å². The van der Waals surface area contributed by atoms with Crippen LogP contribution in [0.3, 0.4) is 0 Å². The molecule has 0 spiro atoms. The molecule has 0 fully saturated rings. The molecule has 4 heterocycles. The molecule has 0 aliphatic carbocycles. The maximum absolute atomic E-state index is 8.62. The first-order valence-corrected chi connectivity index (χ1v) is 23.6. The van der Waals surface area contributed by atoms with Crippen molar-refractivity contribution in [3.63, 3.8) is 0 Å². The summed E-state index contributed by atoms with van der Waals surface area (Å²) in [5.74, 6) is 0.961. The third-order valence-electron chi connectivity index (χ3n) is 13.2. The molecule has 12 aromatic rings. The molecular formula is C64H55IrN3O2-2. The number of imidazole rings is 1. The molecule has 0 aliphatic rings. The molecule has 0 atom stereocenters. The summed E-state index contributed by atoms with van der Waals surface area (Å²) >= 11 is 0. The van der Waals surface area contributed by atoms with Gasteiger partial charge in [-0.2, -0.15) is 0 Å². The SMILES string of the molecule is [2H]C([2H])([2H])c1c[c-]c(-c2nc3ccc4ccccc4c3n2-c2c(C(C)C)cc(-c3ccccc3)cc2C(C)C)c2oc3cc4c(cc3c12)oc1ccccc14.[2H]C([2H])([2H])c1cnc(-c2[c-]cccc2)cc1C(C)(C)C.[Ir]. The van der Waals surface area contributed by atoms with E-state index in [1.807, 2.05) is 93.6 Å². The molecule has 0 N–H and O–H groups in total. The van der Waals surface area contributed by atoms with Gasteiger partial charge in [0.15, 0.2) is 0 Å². The summed E-state index contributed by atoms with van der Waals surface area (Å²) < 4.78 is 64.2. The summed E-state index contributed by atoms with van der Waals surface area (Å²) in [5, 5.41) is 5.24. The molecule has 12 rings (SSSR count). The zero-order valence-electron chi connectivity index (χ0n) is 46.2. The summed E-state index contributed by atoms with van der Waals surface area (Å²) in [7, 11) is 0. The topological polar surface area (TPSA) is 57.0 Å². The van der Waals surface area contributed by atoms with Gasteiger partial charge in [-0.05, 0) is 105 Å². The molecular weight excluding hydrogens is 1030 g/mol. The number of pyridine rings is 1. The van der Waals surface area contributed by atoms with E-state index in [2.05, 4.69) is 122 Å². The monoisotopic (exact) mass is 1100 g/mol. The number of hydrogen-bond acceptors (Lipinski definition) is 4. The van der Waals surface area contributed by atoms with Crippen LogP contribution >= 0.6 is 0 Å². The van der Waals surface area contributed by atoms with Crippen molar-refractivity contribution >= 4 is 65.7 Å². The third kappa shape index (κ3) is 8.13. The first-order valence-electron chi connectivity index (χ1n) is 26.6. The van der Waals surface area contributed by atoms with Crippen LogP contribution in [0.15, 0.2) is 167 Å². The largest absolute Gasteiger partial charge is 0.501 e. The number of aryl methyl sites for hydroxylation is 2. The van der Waals surface area contributed by atoms with Crippen LogP contribution in [0.5, 0.6) is 0 Å². The molecule has 6 heteroatoms. The minimum atomic E-state index is -2.42. The van der Waals surface area contributed by atoms with Crippen molar-refractivity contribution in [2.24, 2.45) is 0 Å². The van der Waals surface area contributed by atoms with E-state index in [0.717, 1.165) is 71.8 Å². The van der Waals surface area contributed by atoms with E-state index in [4.69, 9.17) is 22.0 Å². The van der Waals surface area contributed by atoms with Crippen molar-refractivity contribution in [2.75, 3.05) is 0 Å². The zero-order valence-corrected chi connectivity index (χ0v) is 42.6. The second-order valence-corrected chi connectivity index (χ2v) is 19.6. The van der Waals surface area contributed by atoms with Crippen molar-refractivity contribution in [1.82, 2.24) is 14.5 Å². The normalized spacial score (nSPS) is 13.6. The molecule has 8 aromatic carbocycles. The quantitative estimate of drug-likeness (QED) is 0.156. The van der Waals surface area contributed by atoms with Gasteiger partial charge in [-0.25, -0.2) is 0 Å². The molecule has 0 saturated heterocycles. The zero-order chi connectivity index (χ0) is 52.7. The van der Waals surface area contributed by atoms with Gasteiger partial charge in [0, 0.05) is 61.8 Å². The predicted molar refractivity (Wildman–Crippen MR) is 288 cm³/mol. The van der Waals surface area contributed by atoms with Gasteiger partial charge in [0.1, 0.15) is 16.7 Å². The summed E-state index contributed by atoms with van der Waals surface area (Å²) in [6, 6.07) is 57.1. The Morgan fingerprint density at radius 2 is 1.31 bits per heavy atom. The summed E-state index contributed by atoms with van der Waals surface area (Å²) in [4.78, 5) is 9.70. The van der Waals surface area contributed by atoms with Gasteiger partial charge in [-0.15, -0.1) is 53.6 Å². The minimum Gasteiger partial charge on any atom is -0.501 e. The Morgan fingerprint density at radius 1 is 0.629 bits per heavy atom. The maximum Gasteiger partial charge on any atom is 0.136 e. The second kappa shape index (κ2) is 18.3. The first kappa shape index (κ1) is 39.7. The van der Waals surface area contributed by atoms with Crippen molar-refractivity contribution < 1.29 is 37.2 Å². The second-order valence-electron chi connectivity index (χ2n) is 19.6. The predicted octanol–water partition coefficient (Wildman–Crippen LogP) is 17.8. The van der Waals surface area contributed by atoms with Gasteiger partial charge in [0.2, 0.25) is 0 Å². The van der Waals surface area contributed by atoms with Crippen LogP contribution in [0.1, 0.15) is 96.3 Å². The van der Waals surface area contributed by atoms with Crippen LogP contribution in [-0.4, -0.2) is 14.5 Å². The van der Waals surface area contributed by atoms with Crippen molar-refractivity contribution in [2.45, 2.75) is 79.4 Å². The summed E-state index contributed by atoms with van der Waals surface area (Å²) in [6.07, 6.45) is 1.48. The van der Waals surface area contributed by atoms with Gasteiger partial charge in [0.05, 0.1) is 22.4 Å².